The highest BCUT2D eigenvalue weighted by molar-refractivity contribution is 6.13. The van der Waals surface area contributed by atoms with E-state index in [9.17, 15) is 0 Å². The molecule has 0 amide bonds. The van der Waals surface area contributed by atoms with Gasteiger partial charge in [-0.25, -0.2) is 0 Å². The molecule has 8 rings (SSSR count). The normalized spacial score (nSPS) is 15.4. The zero-order valence-corrected chi connectivity index (χ0v) is 19.5. The maximum atomic E-state index is 2.50. The minimum Gasteiger partial charge on any atom is -0.309 e. The van der Waals surface area contributed by atoms with Crippen molar-refractivity contribution in [2.75, 3.05) is 0 Å². The molecule has 34 heavy (non-hydrogen) atoms. The first kappa shape index (κ1) is 18.6. The molecule has 5 aromatic carbocycles. The van der Waals surface area contributed by atoms with Gasteiger partial charge in [0.25, 0.3) is 0 Å². The van der Waals surface area contributed by atoms with E-state index in [0.29, 0.717) is 0 Å². The molecule has 1 aliphatic heterocycles. The van der Waals surface area contributed by atoms with E-state index in [2.05, 4.69) is 109 Å². The summed E-state index contributed by atoms with van der Waals surface area (Å²) >= 11 is 0. The summed E-state index contributed by atoms with van der Waals surface area (Å²) < 4.78 is 2.50. The number of nitrogens with zero attached hydrogens (tertiary/aromatic N) is 1. The predicted octanol–water partition coefficient (Wildman–Crippen LogP) is 8.34. The van der Waals surface area contributed by atoms with Crippen LogP contribution in [0.1, 0.15) is 36.1 Å². The Labute approximate surface area is 199 Å². The lowest BCUT2D eigenvalue weighted by molar-refractivity contribution is 0.630. The minimum atomic E-state index is -0.0268. The van der Waals surface area contributed by atoms with Gasteiger partial charge in [-0.1, -0.05) is 86.6 Å². The molecule has 1 nitrogen and oxygen atoms in total. The second kappa shape index (κ2) is 6.18. The lowest BCUT2D eigenvalue weighted by atomic mass is 9.75. The Morgan fingerprint density at radius 1 is 0.647 bits per heavy atom. The zero-order valence-electron chi connectivity index (χ0n) is 19.5. The van der Waals surface area contributed by atoms with Crippen molar-refractivity contribution in [2.24, 2.45) is 0 Å². The fraction of sp³-hybridized carbons (Fsp3) is 0.152. The third-order valence-corrected chi connectivity index (χ3v) is 8.47. The SMILES string of the molecule is CC1(C)c2ccccc2-n2c3ccc(-c4ccc5c6c(cccc46)CC5)cc3c3cccc1c32. The highest BCUT2D eigenvalue weighted by atomic mass is 15.0. The molecule has 0 saturated carbocycles. The van der Waals surface area contributed by atoms with Crippen LogP contribution in [0.4, 0.5) is 0 Å². The summed E-state index contributed by atoms with van der Waals surface area (Å²) in [6.45, 7) is 4.72. The number of para-hydroxylation sites is 2. The van der Waals surface area contributed by atoms with Crippen molar-refractivity contribution in [2.45, 2.75) is 32.1 Å². The smallest absolute Gasteiger partial charge is 0.0582 e. The molecule has 0 bridgehead atoms. The van der Waals surface area contributed by atoms with Crippen LogP contribution in [0, 0.1) is 0 Å². The Bertz CT molecular complexity index is 1820. The molecule has 1 heteroatoms. The average molecular weight is 436 g/mol. The van der Waals surface area contributed by atoms with E-state index in [0.717, 1.165) is 0 Å². The van der Waals surface area contributed by atoms with Gasteiger partial charge in [-0.3, -0.25) is 0 Å². The fourth-order valence-corrected chi connectivity index (χ4v) is 6.83. The lowest BCUT2D eigenvalue weighted by Gasteiger charge is -2.34. The second-order valence-electron chi connectivity index (χ2n) is 10.5. The van der Waals surface area contributed by atoms with Crippen molar-refractivity contribution >= 4 is 32.6 Å². The van der Waals surface area contributed by atoms with Crippen LogP contribution in [0.3, 0.4) is 0 Å². The zero-order chi connectivity index (χ0) is 22.6. The average Bonchev–Trinajstić information content (AvgIpc) is 3.44. The van der Waals surface area contributed by atoms with Crippen molar-refractivity contribution in [3.05, 3.63) is 113 Å². The third-order valence-electron chi connectivity index (χ3n) is 8.47. The topological polar surface area (TPSA) is 4.93 Å². The van der Waals surface area contributed by atoms with Gasteiger partial charge in [0.1, 0.15) is 0 Å². The molecule has 0 atom stereocenters. The van der Waals surface area contributed by atoms with E-state index in [1.807, 2.05) is 0 Å². The van der Waals surface area contributed by atoms with Gasteiger partial charge in [0.2, 0.25) is 0 Å². The van der Waals surface area contributed by atoms with Crippen LogP contribution in [-0.4, -0.2) is 4.57 Å². The van der Waals surface area contributed by atoms with Gasteiger partial charge in [0.05, 0.1) is 16.7 Å². The fourth-order valence-electron chi connectivity index (χ4n) is 6.83. The van der Waals surface area contributed by atoms with Gasteiger partial charge in [0, 0.05) is 16.2 Å². The molecular formula is C33H25N. The van der Waals surface area contributed by atoms with Crippen LogP contribution < -0.4 is 0 Å². The van der Waals surface area contributed by atoms with Crippen molar-refractivity contribution in [3.8, 4) is 16.8 Å². The molecular weight excluding hydrogens is 410 g/mol. The molecule has 2 heterocycles. The van der Waals surface area contributed by atoms with Crippen LogP contribution in [0.15, 0.2) is 91.0 Å². The van der Waals surface area contributed by atoms with Crippen LogP contribution in [0.25, 0.3) is 49.4 Å². The summed E-state index contributed by atoms with van der Waals surface area (Å²) in [4.78, 5) is 0. The third kappa shape index (κ3) is 2.16. The van der Waals surface area contributed by atoms with E-state index in [4.69, 9.17) is 0 Å². The molecule has 0 fully saturated rings. The number of benzene rings is 5. The predicted molar refractivity (Wildman–Crippen MR) is 143 cm³/mol. The summed E-state index contributed by atoms with van der Waals surface area (Å²) in [7, 11) is 0. The molecule has 1 aliphatic carbocycles. The first-order valence-corrected chi connectivity index (χ1v) is 12.3. The van der Waals surface area contributed by atoms with Crippen molar-refractivity contribution < 1.29 is 0 Å². The number of rotatable bonds is 1. The standard InChI is InChI=1S/C33H25N/c1-33(2)27-10-3-4-12-30(27)34-29-18-16-22(19-26(29)25-9-6-11-28(33)32(25)34)23-17-15-21-14-13-20-7-5-8-24(23)31(20)21/h3-12,15-19H,13-14H2,1-2H3. The molecule has 0 unspecified atom stereocenters. The maximum absolute atomic E-state index is 2.50. The van der Waals surface area contributed by atoms with E-state index in [1.54, 1.807) is 0 Å². The number of aromatic nitrogens is 1. The van der Waals surface area contributed by atoms with Crippen molar-refractivity contribution in [3.63, 3.8) is 0 Å². The molecule has 0 spiro atoms. The van der Waals surface area contributed by atoms with Gasteiger partial charge in [-0.05, 0) is 75.2 Å². The Balaban J connectivity index is 1.48. The highest BCUT2D eigenvalue weighted by Gasteiger charge is 2.34. The van der Waals surface area contributed by atoms with Crippen molar-refractivity contribution in [1.82, 2.24) is 4.57 Å². The lowest BCUT2D eigenvalue weighted by Crippen LogP contribution is -2.26. The highest BCUT2D eigenvalue weighted by Crippen LogP contribution is 2.48. The van der Waals surface area contributed by atoms with E-state index in [-0.39, 0.29) is 5.41 Å². The van der Waals surface area contributed by atoms with E-state index < -0.39 is 0 Å². The maximum Gasteiger partial charge on any atom is 0.0582 e. The molecule has 162 valence electrons. The molecule has 1 aromatic heterocycles. The van der Waals surface area contributed by atoms with Crippen LogP contribution >= 0.6 is 0 Å². The number of aryl methyl sites for hydroxylation is 2. The summed E-state index contributed by atoms with van der Waals surface area (Å²) in [5.74, 6) is 0. The Morgan fingerprint density at radius 3 is 2.32 bits per heavy atom. The largest absolute Gasteiger partial charge is 0.309 e. The summed E-state index contributed by atoms with van der Waals surface area (Å²) in [5, 5.41) is 5.57. The van der Waals surface area contributed by atoms with Crippen molar-refractivity contribution in [1.29, 1.82) is 0 Å². The quantitative estimate of drug-likeness (QED) is 0.245. The first-order valence-electron chi connectivity index (χ1n) is 12.3. The summed E-state index contributed by atoms with van der Waals surface area (Å²) in [5.41, 5.74) is 12.4. The Hall–Kier alpha value is -3.84. The second-order valence-corrected chi connectivity index (χ2v) is 10.5. The monoisotopic (exact) mass is 435 g/mol. The summed E-state index contributed by atoms with van der Waals surface area (Å²) in [6.07, 6.45) is 2.33. The molecule has 0 N–H and O–H groups in total. The Kier molecular flexibility index (Phi) is 3.38. The van der Waals surface area contributed by atoms with Gasteiger partial charge < -0.3 is 4.57 Å². The summed E-state index contributed by atoms with van der Waals surface area (Å²) in [6, 6.07) is 34.4. The Morgan fingerprint density at radius 2 is 1.41 bits per heavy atom. The molecule has 6 aromatic rings. The molecule has 2 aliphatic rings. The van der Waals surface area contributed by atoms with E-state index >= 15 is 0 Å². The van der Waals surface area contributed by atoms with Crippen LogP contribution in [0.5, 0.6) is 0 Å². The van der Waals surface area contributed by atoms with Gasteiger partial charge in [0.15, 0.2) is 0 Å². The first-order chi connectivity index (χ1) is 16.6. The molecule has 0 radical (unpaired) electrons. The van der Waals surface area contributed by atoms with Gasteiger partial charge in [-0.15, -0.1) is 0 Å². The number of fused-ring (bicyclic) bond motifs is 5. The van der Waals surface area contributed by atoms with Crippen LogP contribution in [-0.2, 0) is 18.3 Å². The van der Waals surface area contributed by atoms with Crippen LogP contribution in [0.2, 0.25) is 0 Å². The molecule has 0 saturated heterocycles. The number of hydrogen-bond donors (Lipinski definition) is 0. The minimum absolute atomic E-state index is 0.0268. The van der Waals surface area contributed by atoms with Gasteiger partial charge in [-0.2, -0.15) is 0 Å². The number of hydrogen-bond acceptors (Lipinski definition) is 0. The van der Waals surface area contributed by atoms with E-state index in [1.165, 1.54) is 84.5 Å². The van der Waals surface area contributed by atoms with Gasteiger partial charge >= 0.3 is 0 Å².